The third-order valence-electron chi connectivity index (χ3n) is 9.10. The lowest BCUT2D eigenvalue weighted by atomic mass is 9.43. The fourth-order valence-corrected chi connectivity index (χ4v) is 8.72. The number of nitrogens with two attached hydrogens (primary N) is 1. The maximum atomic E-state index is 12.6. The van der Waals surface area contributed by atoms with Crippen LogP contribution in [0.2, 0.25) is 0 Å². The van der Waals surface area contributed by atoms with Gasteiger partial charge in [-0.3, -0.25) is 4.79 Å². The van der Waals surface area contributed by atoms with Gasteiger partial charge in [0.2, 0.25) is 0 Å². The van der Waals surface area contributed by atoms with Gasteiger partial charge < -0.3 is 10.8 Å². The minimum absolute atomic E-state index is 0.0310. The zero-order chi connectivity index (χ0) is 19.4. The molecular weight excluding hydrogens is 354 g/mol. The summed E-state index contributed by atoms with van der Waals surface area (Å²) in [7, 11) is 0. The van der Waals surface area contributed by atoms with Crippen LogP contribution in [-0.2, 0) is 4.79 Å². The van der Waals surface area contributed by atoms with Gasteiger partial charge in [-0.25, -0.2) is 0 Å². The maximum absolute atomic E-state index is 12.6. The lowest BCUT2D eigenvalue weighted by Gasteiger charge is -2.64. The van der Waals surface area contributed by atoms with E-state index < -0.39 is 5.60 Å². The molecule has 4 rings (SSSR count). The molecule has 0 saturated heterocycles. The number of rotatable bonds is 4. The molecule has 152 valence electrons. The number of fused-ring (bicyclic) bond motifs is 5. The number of carbonyl (C=O) groups is 1. The summed E-state index contributed by atoms with van der Waals surface area (Å²) in [6.45, 7) is 9.81. The Morgan fingerprint density at radius 2 is 2.00 bits per heavy atom. The molecule has 27 heavy (non-hydrogen) atoms. The molecule has 0 amide bonds. The van der Waals surface area contributed by atoms with E-state index in [-0.39, 0.29) is 10.8 Å². The lowest BCUT2D eigenvalue weighted by Crippen LogP contribution is -2.63. The fraction of sp³-hybridized carbons (Fsp3) is 0.870. The lowest BCUT2D eigenvalue weighted by molar-refractivity contribution is -0.182. The van der Waals surface area contributed by atoms with Crippen LogP contribution in [0.15, 0.2) is 12.2 Å². The van der Waals surface area contributed by atoms with Gasteiger partial charge in [-0.1, -0.05) is 26.0 Å². The van der Waals surface area contributed by atoms with Crippen molar-refractivity contribution in [3.63, 3.8) is 0 Å². The van der Waals surface area contributed by atoms with Gasteiger partial charge in [-0.05, 0) is 81.4 Å². The van der Waals surface area contributed by atoms with Gasteiger partial charge in [-0.15, -0.1) is 0 Å². The molecule has 0 bridgehead atoms. The van der Waals surface area contributed by atoms with E-state index in [1.165, 1.54) is 12.0 Å². The monoisotopic (exact) mass is 391 g/mol. The fourth-order valence-electron chi connectivity index (χ4n) is 7.38. The van der Waals surface area contributed by atoms with Crippen molar-refractivity contribution in [2.75, 3.05) is 12.3 Å². The Kier molecular flexibility index (Phi) is 5.09. The molecule has 7 atom stereocenters. The smallest absolute Gasteiger partial charge is 0.139 e. The molecule has 4 saturated carbocycles. The van der Waals surface area contributed by atoms with Crippen molar-refractivity contribution in [1.82, 2.24) is 0 Å². The van der Waals surface area contributed by atoms with Crippen LogP contribution in [0.1, 0.15) is 71.6 Å². The zero-order valence-corrected chi connectivity index (χ0v) is 18.0. The van der Waals surface area contributed by atoms with Gasteiger partial charge in [0.1, 0.15) is 5.78 Å². The number of ketones is 1. The van der Waals surface area contributed by atoms with Crippen LogP contribution in [0, 0.1) is 28.6 Å². The van der Waals surface area contributed by atoms with Crippen LogP contribution in [0.4, 0.5) is 0 Å². The molecule has 4 aliphatic rings. The van der Waals surface area contributed by atoms with E-state index in [1.807, 2.05) is 11.8 Å². The van der Waals surface area contributed by atoms with Crippen molar-refractivity contribution >= 4 is 17.5 Å². The molecule has 4 aliphatic carbocycles. The van der Waals surface area contributed by atoms with Gasteiger partial charge in [0.15, 0.2) is 0 Å². The van der Waals surface area contributed by atoms with Crippen LogP contribution in [0.25, 0.3) is 0 Å². The minimum Gasteiger partial charge on any atom is -0.389 e. The van der Waals surface area contributed by atoms with Crippen molar-refractivity contribution in [2.24, 2.45) is 34.3 Å². The van der Waals surface area contributed by atoms with E-state index in [0.717, 1.165) is 63.7 Å². The Morgan fingerprint density at radius 3 is 2.74 bits per heavy atom. The van der Waals surface area contributed by atoms with Gasteiger partial charge in [0.25, 0.3) is 0 Å². The maximum Gasteiger partial charge on any atom is 0.139 e. The van der Waals surface area contributed by atoms with E-state index >= 15 is 0 Å². The molecule has 0 aromatic rings. The van der Waals surface area contributed by atoms with Gasteiger partial charge >= 0.3 is 0 Å². The predicted octanol–water partition coefficient (Wildman–Crippen LogP) is 4.33. The van der Waals surface area contributed by atoms with E-state index in [1.54, 1.807) is 0 Å². The summed E-state index contributed by atoms with van der Waals surface area (Å²) in [6, 6.07) is 0. The summed E-state index contributed by atoms with van der Waals surface area (Å²) in [4.78, 5) is 12.6. The van der Waals surface area contributed by atoms with Crippen LogP contribution >= 0.6 is 11.8 Å². The summed E-state index contributed by atoms with van der Waals surface area (Å²) in [5, 5.41) is 12.4. The Hall–Kier alpha value is -0.320. The highest BCUT2D eigenvalue weighted by atomic mass is 32.2. The van der Waals surface area contributed by atoms with E-state index in [0.29, 0.717) is 28.8 Å². The molecule has 0 spiro atoms. The van der Waals surface area contributed by atoms with E-state index in [9.17, 15) is 9.90 Å². The van der Waals surface area contributed by atoms with Gasteiger partial charge in [-0.2, -0.15) is 11.8 Å². The van der Waals surface area contributed by atoms with Crippen molar-refractivity contribution in [3.05, 3.63) is 12.2 Å². The SMILES string of the molecule is C=C1CC2(O)CC(SCCCN)CC[C@]2(C)[C@@H]2CC[C@]3(C)C(=O)CC[C@H]3[C@H]12. The first-order valence-electron chi connectivity index (χ1n) is 11.0. The van der Waals surface area contributed by atoms with Crippen LogP contribution < -0.4 is 5.73 Å². The number of hydrogen-bond donors (Lipinski definition) is 2. The number of carbonyl (C=O) groups excluding carboxylic acids is 1. The van der Waals surface area contributed by atoms with Crippen molar-refractivity contribution < 1.29 is 9.90 Å². The summed E-state index contributed by atoms with van der Waals surface area (Å²) in [5.74, 6) is 2.95. The second kappa shape index (κ2) is 6.88. The highest BCUT2D eigenvalue weighted by Crippen LogP contribution is 2.68. The van der Waals surface area contributed by atoms with Gasteiger partial charge in [0, 0.05) is 22.5 Å². The summed E-state index contributed by atoms with van der Waals surface area (Å²) < 4.78 is 0. The molecule has 3 nitrogen and oxygen atoms in total. The topological polar surface area (TPSA) is 63.3 Å². The molecule has 3 N–H and O–H groups in total. The first-order valence-corrected chi connectivity index (χ1v) is 12.0. The molecule has 4 heteroatoms. The van der Waals surface area contributed by atoms with Crippen molar-refractivity contribution in [1.29, 1.82) is 0 Å². The molecular formula is C23H37NO2S. The number of aliphatic hydroxyl groups is 1. The first-order chi connectivity index (χ1) is 12.7. The Morgan fingerprint density at radius 1 is 1.22 bits per heavy atom. The van der Waals surface area contributed by atoms with Crippen molar-refractivity contribution in [3.8, 4) is 0 Å². The largest absolute Gasteiger partial charge is 0.389 e. The van der Waals surface area contributed by atoms with E-state index in [2.05, 4.69) is 20.4 Å². The number of Topliss-reactive ketones (excluding diaryl/α,β-unsaturated/α-hetero) is 1. The Bertz CT molecular complexity index is 636. The Balaban J connectivity index is 1.58. The molecule has 0 aliphatic heterocycles. The van der Waals surface area contributed by atoms with Crippen LogP contribution in [-0.4, -0.2) is 34.0 Å². The Labute approximate surface area is 168 Å². The molecule has 0 radical (unpaired) electrons. The number of hydrogen-bond acceptors (Lipinski definition) is 4. The average molecular weight is 392 g/mol. The zero-order valence-electron chi connectivity index (χ0n) is 17.1. The standard InChI is InChI=1S/C23H37NO2S/c1-15-13-23(26)14-16(27-12-4-11-24)7-10-22(23,3)18-8-9-21(2)17(20(15)18)5-6-19(21)25/h16-18,20,26H,1,4-14,24H2,2-3H3/t16?,17-,18+,20-,21-,22+,23?/m0/s1. The molecule has 2 unspecified atom stereocenters. The van der Waals surface area contributed by atoms with E-state index in [4.69, 9.17) is 5.73 Å². The summed E-state index contributed by atoms with van der Waals surface area (Å²) in [6.07, 6.45) is 8.85. The van der Waals surface area contributed by atoms with Crippen LogP contribution in [0.5, 0.6) is 0 Å². The highest BCUT2D eigenvalue weighted by molar-refractivity contribution is 7.99. The quantitative estimate of drug-likeness (QED) is 0.553. The average Bonchev–Trinajstić information content (AvgIpc) is 2.92. The normalized spacial score (nSPS) is 49.5. The number of thioether (sulfide) groups is 1. The summed E-state index contributed by atoms with van der Waals surface area (Å²) in [5.41, 5.74) is 6.10. The third kappa shape index (κ3) is 2.88. The van der Waals surface area contributed by atoms with Gasteiger partial charge in [0.05, 0.1) is 5.60 Å². The molecule has 0 heterocycles. The summed E-state index contributed by atoms with van der Waals surface area (Å²) >= 11 is 2.01. The minimum atomic E-state index is -0.625. The predicted molar refractivity (Wildman–Crippen MR) is 113 cm³/mol. The van der Waals surface area contributed by atoms with Crippen LogP contribution in [0.3, 0.4) is 0 Å². The first kappa shape index (κ1) is 20.0. The second-order valence-electron chi connectivity index (χ2n) is 10.3. The van der Waals surface area contributed by atoms with Crippen molar-refractivity contribution in [2.45, 2.75) is 82.5 Å². The molecule has 0 aromatic heterocycles. The molecule has 0 aromatic carbocycles. The second-order valence-corrected chi connectivity index (χ2v) is 11.7. The molecule has 4 fully saturated rings. The highest BCUT2D eigenvalue weighted by Gasteiger charge is 2.65. The third-order valence-corrected chi connectivity index (χ3v) is 10.5.